The zero-order chi connectivity index (χ0) is 31.6. The maximum atomic E-state index is 14.9. The first kappa shape index (κ1) is 31.8. The lowest BCUT2D eigenvalue weighted by Gasteiger charge is -2.42. The van der Waals surface area contributed by atoms with E-state index in [4.69, 9.17) is 9.47 Å². The number of likely N-dealkylation sites (N-methyl/N-ethyl adjacent to an activating group) is 1. The van der Waals surface area contributed by atoms with Crippen LogP contribution in [0.2, 0.25) is 0 Å². The van der Waals surface area contributed by atoms with E-state index in [1.54, 1.807) is 49.9 Å². The lowest BCUT2D eigenvalue weighted by Crippen LogP contribution is -2.56. The standard InChI is InChI=1S/C31H40F3N7O3/c1-30(2,3)44-29(42)41-16-15-39(18-22(41)12-13-35)27-25-24(36-28(37-27)43-20-23-11-8-14-38(23)4)19-40(26(25)31(32,33)34)17-21-9-6-5-7-10-21/h5-7,9-10,22-23,26H,8,11-12,14-20H2,1-4H3/t22-,23-,26?/m0/s1. The average molecular weight is 616 g/mol. The van der Waals surface area contributed by atoms with Gasteiger partial charge in [-0.1, -0.05) is 30.3 Å². The molecule has 0 saturated carbocycles. The van der Waals surface area contributed by atoms with Crippen molar-refractivity contribution in [1.29, 1.82) is 5.26 Å². The second-order valence-electron chi connectivity index (χ2n) is 12.7. The molecule has 44 heavy (non-hydrogen) atoms. The summed E-state index contributed by atoms with van der Waals surface area (Å²) in [5, 5.41) is 9.57. The van der Waals surface area contributed by atoms with Gasteiger partial charge in [-0.3, -0.25) is 4.90 Å². The number of ether oxygens (including phenoxy) is 2. The van der Waals surface area contributed by atoms with Crippen molar-refractivity contribution in [2.75, 3.05) is 44.7 Å². The highest BCUT2D eigenvalue weighted by atomic mass is 19.4. The van der Waals surface area contributed by atoms with E-state index < -0.39 is 30.0 Å². The largest absolute Gasteiger partial charge is 0.462 e. The third-order valence-corrected chi connectivity index (χ3v) is 8.33. The molecule has 0 radical (unpaired) electrons. The van der Waals surface area contributed by atoms with Gasteiger partial charge in [0, 0.05) is 44.3 Å². The predicted molar refractivity (Wildman–Crippen MR) is 157 cm³/mol. The molecule has 238 valence electrons. The fraction of sp³-hybridized carbons (Fsp3) is 0.613. The fourth-order valence-corrected chi connectivity index (χ4v) is 6.24. The number of carbonyl (C=O) groups is 1. The highest BCUT2D eigenvalue weighted by Crippen LogP contribution is 2.48. The Morgan fingerprint density at radius 1 is 1.09 bits per heavy atom. The number of nitriles is 1. The van der Waals surface area contributed by atoms with Crippen molar-refractivity contribution in [3.63, 3.8) is 0 Å². The molecule has 3 aliphatic heterocycles. The first-order valence-corrected chi connectivity index (χ1v) is 15.0. The summed E-state index contributed by atoms with van der Waals surface area (Å²) in [6, 6.07) is 8.83. The SMILES string of the molecule is CN1CCC[C@H]1COc1nc2c(c(N3CCN(C(=O)OC(C)(C)C)[C@@H](CC#N)C3)n1)C(C(F)(F)F)N(Cc1ccccc1)C2. The Morgan fingerprint density at radius 2 is 1.84 bits per heavy atom. The molecule has 4 heterocycles. The molecule has 1 aromatic heterocycles. The van der Waals surface area contributed by atoms with Crippen LogP contribution in [0, 0.1) is 11.3 Å². The van der Waals surface area contributed by atoms with Crippen LogP contribution < -0.4 is 9.64 Å². The Labute approximate surface area is 256 Å². The van der Waals surface area contributed by atoms with Crippen molar-refractivity contribution in [2.45, 2.75) is 83.0 Å². The summed E-state index contributed by atoms with van der Waals surface area (Å²) in [6.07, 6.45) is -3.17. The monoisotopic (exact) mass is 615 g/mol. The van der Waals surface area contributed by atoms with Crippen LogP contribution in [0.3, 0.4) is 0 Å². The van der Waals surface area contributed by atoms with E-state index in [2.05, 4.69) is 20.9 Å². The summed E-state index contributed by atoms with van der Waals surface area (Å²) in [6.45, 7) is 7.09. The minimum Gasteiger partial charge on any atom is -0.462 e. The van der Waals surface area contributed by atoms with Gasteiger partial charge >= 0.3 is 18.3 Å². The van der Waals surface area contributed by atoms with Gasteiger partial charge in [-0.25, -0.2) is 4.79 Å². The van der Waals surface area contributed by atoms with Crippen molar-refractivity contribution in [1.82, 2.24) is 24.7 Å². The van der Waals surface area contributed by atoms with Crippen molar-refractivity contribution < 1.29 is 27.4 Å². The summed E-state index contributed by atoms with van der Waals surface area (Å²) in [7, 11) is 2.02. The Bertz CT molecular complexity index is 1360. The Kier molecular flexibility index (Phi) is 9.23. The molecular weight excluding hydrogens is 575 g/mol. The molecule has 2 saturated heterocycles. The molecule has 3 atom stereocenters. The molecule has 1 aromatic carbocycles. The van der Waals surface area contributed by atoms with E-state index in [1.807, 2.05) is 13.1 Å². The van der Waals surface area contributed by atoms with Crippen LogP contribution >= 0.6 is 0 Å². The second kappa shape index (κ2) is 12.8. The smallest absolute Gasteiger partial charge is 0.410 e. The molecule has 0 spiro atoms. The lowest BCUT2D eigenvalue weighted by atomic mass is 10.0. The number of hydrogen-bond acceptors (Lipinski definition) is 9. The molecule has 1 amide bonds. The van der Waals surface area contributed by atoms with E-state index in [-0.39, 0.29) is 68.3 Å². The number of carbonyl (C=O) groups excluding carboxylic acids is 1. The summed E-state index contributed by atoms with van der Waals surface area (Å²) < 4.78 is 56.3. The van der Waals surface area contributed by atoms with Crippen LogP contribution in [0.5, 0.6) is 6.01 Å². The minimum absolute atomic E-state index is 0.000177. The van der Waals surface area contributed by atoms with Crippen LogP contribution in [0.4, 0.5) is 23.8 Å². The summed E-state index contributed by atoms with van der Waals surface area (Å²) in [4.78, 5) is 28.9. The van der Waals surface area contributed by atoms with Gasteiger partial charge in [-0.2, -0.15) is 28.4 Å². The molecule has 3 aliphatic rings. The number of fused-ring (bicyclic) bond motifs is 1. The molecule has 13 heteroatoms. The number of halogens is 3. The summed E-state index contributed by atoms with van der Waals surface area (Å²) in [5.41, 5.74) is 0.292. The normalized spacial score (nSPS) is 23.0. The molecular formula is C31H40F3N7O3. The van der Waals surface area contributed by atoms with Crippen LogP contribution in [-0.2, 0) is 17.8 Å². The Morgan fingerprint density at radius 3 is 2.48 bits per heavy atom. The predicted octanol–water partition coefficient (Wildman–Crippen LogP) is 4.91. The average Bonchev–Trinajstić information content (AvgIpc) is 3.53. The number of benzene rings is 1. The lowest BCUT2D eigenvalue weighted by molar-refractivity contribution is -0.185. The van der Waals surface area contributed by atoms with E-state index >= 15 is 0 Å². The van der Waals surface area contributed by atoms with Gasteiger partial charge in [-0.15, -0.1) is 0 Å². The number of aromatic nitrogens is 2. The first-order chi connectivity index (χ1) is 20.8. The van der Waals surface area contributed by atoms with Gasteiger partial charge in [0.05, 0.1) is 24.2 Å². The number of rotatable bonds is 7. The van der Waals surface area contributed by atoms with Gasteiger partial charge < -0.3 is 24.2 Å². The quantitative estimate of drug-likeness (QED) is 0.431. The van der Waals surface area contributed by atoms with Crippen molar-refractivity contribution in [3.05, 3.63) is 47.2 Å². The maximum absolute atomic E-state index is 14.9. The topological polar surface area (TPSA) is 98.1 Å². The molecule has 10 nitrogen and oxygen atoms in total. The van der Waals surface area contributed by atoms with Crippen LogP contribution in [0.25, 0.3) is 0 Å². The summed E-state index contributed by atoms with van der Waals surface area (Å²) >= 11 is 0. The van der Waals surface area contributed by atoms with Crippen LogP contribution in [0.1, 0.15) is 62.9 Å². The molecule has 2 aromatic rings. The van der Waals surface area contributed by atoms with Gasteiger partial charge in [0.1, 0.15) is 24.1 Å². The molecule has 0 aliphatic carbocycles. The number of alkyl halides is 3. The van der Waals surface area contributed by atoms with Crippen molar-refractivity contribution in [3.8, 4) is 12.1 Å². The Balaban J connectivity index is 1.50. The van der Waals surface area contributed by atoms with Crippen molar-refractivity contribution >= 4 is 11.9 Å². The third kappa shape index (κ3) is 7.18. The highest BCUT2D eigenvalue weighted by Gasteiger charge is 2.52. The van der Waals surface area contributed by atoms with E-state index in [0.29, 0.717) is 6.61 Å². The number of anilines is 1. The van der Waals surface area contributed by atoms with Gasteiger partial charge in [0.25, 0.3) is 0 Å². The molecule has 1 unspecified atom stereocenters. The number of hydrogen-bond donors (Lipinski definition) is 0. The number of amides is 1. The third-order valence-electron chi connectivity index (χ3n) is 8.33. The van der Waals surface area contributed by atoms with Gasteiger partial charge in [0.15, 0.2) is 0 Å². The second-order valence-corrected chi connectivity index (χ2v) is 12.7. The number of nitrogens with zero attached hydrogens (tertiary/aromatic N) is 7. The fourth-order valence-electron chi connectivity index (χ4n) is 6.24. The molecule has 0 N–H and O–H groups in total. The minimum atomic E-state index is -4.60. The van der Waals surface area contributed by atoms with E-state index in [0.717, 1.165) is 24.9 Å². The van der Waals surface area contributed by atoms with E-state index in [1.165, 1.54) is 9.80 Å². The summed E-state index contributed by atoms with van der Waals surface area (Å²) in [5.74, 6) is 0.134. The number of likely N-dealkylation sites (tertiary alicyclic amines) is 1. The maximum Gasteiger partial charge on any atom is 0.410 e. The number of piperazine rings is 1. The molecule has 2 fully saturated rings. The molecule has 0 bridgehead atoms. The van der Waals surface area contributed by atoms with Gasteiger partial charge in [0.2, 0.25) is 0 Å². The van der Waals surface area contributed by atoms with Crippen LogP contribution in [-0.4, -0.2) is 94.5 Å². The van der Waals surface area contributed by atoms with Gasteiger partial charge in [-0.05, 0) is 52.8 Å². The Hall–Kier alpha value is -3.63. The van der Waals surface area contributed by atoms with Crippen molar-refractivity contribution in [2.24, 2.45) is 0 Å². The zero-order valence-electron chi connectivity index (χ0n) is 25.7. The first-order valence-electron chi connectivity index (χ1n) is 15.0. The molecule has 5 rings (SSSR count). The zero-order valence-corrected chi connectivity index (χ0v) is 25.7. The highest BCUT2D eigenvalue weighted by molar-refractivity contribution is 5.69. The van der Waals surface area contributed by atoms with Crippen LogP contribution in [0.15, 0.2) is 30.3 Å². The van der Waals surface area contributed by atoms with E-state index in [9.17, 15) is 23.2 Å².